The average molecular weight is 323 g/mol. The van der Waals surface area contributed by atoms with Gasteiger partial charge in [-0.3, -0.25) is 0 Å². The van der Waals surface area contributed by atoms with E-state index in [1.165, 1.54) is 36.0 Å². The van der Waals surface area contributed by atoms with Crippen LogP contribution in [0.5, 0.6) is 0 Å². The number of nitrogens with zero attached hydrogens (tertiary/aromatic N) is 1. The van der Waals surface area contributed by atoms with Crippen LogP contribution in [0.4, 0.5) is 0 Å². The summed E-state index contributed by atoms with van der Waals surface area (Å²) in [5.74, 6) is 1.79. The third-order valence-electron chi connectivity index (χ3n) is 6.54. The van der Waals surface area contributed by atoms with E-state index >= 15 is 0 Å². The topological polar surface area (TPSA) is 26.0 Å². The van der Waals surface area contributed by atoms with Crippen LogP contribution in [-0.4, -0.2) is 4.98 Å². The maximum absolute atomic E-state index is 6.19. The van der Waals surface area contributed by atoms with Gasteiger partial charge in [0.2, 0.25) is 0 Å². The number of rotatable bonds is 1. The third kappa shape index (κ3) is 2.04. The molecule has 0 saturated heterocycles. The number of allylic oxidation sites excluding steroid dienone is 1. The normalized spacial score (nSPS) is 28.2. The van der Waals surface area contributed by atoms with E-state index in [1.807, 2.05) is 6.92 Å². The van der Waals surface area contributed by atoms with Gasteiger partial charge in [0.15, 0.2) is 11.5 Å². The van der Waals surface area contributed by atoms with E-state index < -0.39 is 0 Å². The average Bonchev–Trinajstić information content (AvgIpc) is 2.85. The number of benzene rings is 1. The highest BCUT2D eigenvalue weighted by Gasteiger charge is 2.49. The molecule has 24 heavy (non-hydrogen) atoms. The van der Waals surface area contributed by atoms with Gasteiger partial charge in [-0.25, -0.2) is 4.98 Å². The van der Waals surface area contributed by atoms with Crippen molar-refractivity contribution in [2.75, 3.05) is 0 Å². The van der Waals surface area contributed by atoms with Crippen molar-refractivity contribution in [1.29, 1.82) is 0 Å². The molecule has 2 aliphatic rings. The molecule has 0 amide bonds. The van der Waals surface area contributed by atoms with Crippen LogP contribution in [0.2, 0.25) is 0 Å². The van der Waals surface area contributed by atoms with Gasteiger partial charge in [0.05, 0.1) is 0 Å². The molecule has 1 heterocycles. The smallest absolute Gasteiger partial charge is 0.192 e. The van der Waals surface area contributed by atoms with Crippen LogP contribution in [0, 0.1) is 18.3 Å². The van der Waals surface area contributed by atoms with Gasteiger partial charge in [0.25, 0.3) is 0 Å². The predicted molar refractivity (Wildman–Crippen MR) is 100 cm³/mol. The Bertz CT molecular complexity index is 839. The van der Waals surface area contributed by atoms with Crippen molar-refractivity contribution in [2.45, 2.75) is 72.1 Å². The Morgan fingerprint density at radius 1 is 1.21 bits per heavy atom. The van der Waals surface area contributed by atoms with Crippen molar-refractivity contribution in [3.05, 3.63) is 34.7 Å². The van der Waals surface area contributed by atoms with Crippen LogP contribution < -0.4 is 0 Å². The molecule has 0 unspecified atom stereocenters. The standard InChI is InChI=1S/C22H29NO/c1-13(2)16-12-15-8-9-17-21(4,5)10-7-11-22(17,6)18(15)20-19(16)23-14(3)24-20/h8-9,12-13,17H,7,10-11H2,1-6H3/t17-,22-/m0/s1. The van der Waals surface area contributed by atoms with Crippen molar-refractivity contribution < 1.29 is 4.42 Å². The second-order valence-corrected chi connectivity index (χ2v) is 9.09. The Hall–Kier alpha value is -1.57. The molecular weight excluding hydrogens is 294 g/mol. The Labute approximate surface area is 145 Å². The van der Waals surface area contributed by atoms with Gasteiger partial charge < -0.3 is 4.42 Å². The van der Waals surface area contributed by atoms with Gasteiger partial charge in [-0.1, -0.05) is 53.2 Å². The first-order chi connectivity index (χ1) is 11.2. The number of aryl methyl sites for hydroxylation is 1. The van der Waals surface area contributed by atoms with E-state index in [0.717, 1.165) is 17.0 Å². The molecule has 2 aromatic rings. The first kappa shape index (κ1) is 15.9. The van der Waals surface area contributed by atoms with E-state index in [9.17, 15) is 0 Å². The van der Waals surface area contributed by atoms with Crippen LogP contribution in [0.3, 0.4) is 0 Å². The minimum Gasteiger partial charge on any atom is -0.441 e. The van der Waals surface area contributed by atoms with Gasteiger partial charge in [-0.2, -0.15) is 0 Å². The molecule has 0 aliphatic heterocycles. The van der Waals surface area contributed by atoms with Crippen molar-refractivity contribution in [1.82, 2.24) is 4.98 Å². The number of hydrogen-bond acceptors (Lipinski definition) is 2. The van der Waals surface area contributed by atoms with Crippen molar-refractivity contribution in [3.63, 3.8) is 0 Å². The highest BCUT2D eigenvalue weighted by molar-refractivity contribution is 5.87. The zero-order valence-corrected chi connectivity index (χ0v) is 15.9. The first-order valence-electron chi connectivity index (χ1n) is 9.37. The van der Waals surface area contributed by atoms with Crippen LogP contribution in [-0.2, 0) is 5.41 Å². The summed E-state index contributed by atoms with van der Waals surface area (Å²) in [4.78, 5) is 4.76. The quantitative estimate of drug-likeness (QED) is 0.609. The molecular formula is C22H29NO. The summed E-state index contributed by atoms with van der Waals surface area (Å²) in [6, 6.07) is 2.36. The Kier molecular flexibility index (Phi) is 3.30. The molecule has 2 aliphatic carbocycles. The Morgan fingerprint density at radius 3 is 2.67 bits per heavy atom. The summed E-state index contributed by atoms with van der Waals surface area (Å²) >= 11 is 0. The fourth-order valence-corrected chi connectivity index (χ4v) is 5.43. The maximum Gasteiger partial charge on any atom is 0.192 e. The molecule has 0 bridgehead atoms. The molecule has 1 aromatic carbocycles. The molecule has 2 atom stereocenters. The Balaban J connectivity index is 2.05. The van der Waals surface area contributed by atoms with Gasteiger partial charge >= 0.3 is 0 Å². The Morgan fingerprint density at radius 2 is 1.96 bits per heavy atom. The molecule has 0 spiro atoms. The number of hydrogen-bond donors (Lipinski definition) is 0. The van der Waals surface area contributed by atoms with E-state index in [1.54, 1.807) is 0 Å². The van der Waals surface area contributed by atoms with E-state index in [0.29, 0.717) is 17.3 Å². The number of fused-ring (bicyclic) bond motifs is 5. The zero-order valence-electron chi connectivity index (χ0n) is 15.9. The van der Waals surface area contributed by atoms with Crippen molar-refractivity contribution in [3.8, 4) is 0 Å². The van der Waals surface area contributed by atoms with Gasteiger partial charge in [-0.15, -0.1) is 0 Å². The van der Waals surface area contributed by atoms with Crippen LogP contribution in [0.25, 0.3) is 17.2 Å². The van der Waals surface area contributed by atoms with Crippen LogP contribution >= 0.6 is 0 Å². The molecule has 0 radical (unpaired) electrons. The second kappa shape index (κ2) is 4.97. The maximum atomic E-state index is 6.19. The lowest BCUT2D eigenvalue weighted by atomic mass is 9.52. The summed E-state index contributed by atoms with van der Waals surface area (Å²) in [7, 11) is 0. The fraction of sp³-hybridized carbons (Fsp3) is 0.591. The monoisotopic (exact) mass is 323 g/mol. The molecule has 128 valence electrons. The zero-order chi connectivity index (χ0) is 17.3. The SMILES string of the molecule is Cc1nc2c(C(C)C)cc3c(c2o1)[C@@]1(C)CCCC(C)(C)[C@@H]1C=C3. The van der Waals surface area contributed by atoms with Crippen LogP contribution in [0.15, 0.2) is 16.6 Å². The summed E-state index contributed by atoms with van der Waals surface area (Å²) < 4.78 is 6.19. The molecule has 1 fully saturated rings. The minimum absolute atomic E-state index is 0.144. The third-order valence-corrected chi connectivity index (χ3v) is 6.54. The highest BCUT2D eigenvalue weighted by atomic mass is 16.3. The lowest BCUT2D eigenvalue weighted by molar-refractivity contribution is 0.0912. The molecule has 1 saturated carbocycles. The van der Waals surface area contributed by atoms with Gasteiger partial charge in [0.1, 0.15) is 5.52 Å². The van der Waals surface area contributed by atoms with Crippen LogP contribution in [0.1, 0.15) is 82.4 Å². The second-order valence-electron chi connectivity index (χ2n) is 9.09. The highest BCUT2D eigenvalue weighted by Crippen LogP contribution is 2.57. The molecule has 2 heteroatoms. The van der Waals surface area contributed by atoms with E-state index in [-0.39, 0.29) is 5.41 Å². The van der Waals surface area contributed by atoms with Gasteiger partial charge in [-0.05, 0) is 47.3 Å². The largest absolute Gasteiger partial charge is 0.441 e. The van der Waals surface area contributed by atoms with Gasteiger partial charge in [0, 0.05) is 17.9 Å². The van der Waals surface area contributed by atoms with Crippen molar-refractivity contribution >= 4 is 17.2 Å². The lowest BCUT2D eigenvalue weighted by Gasteiger charge is -2.52. The summed E-state index contributed by atoms with van der Waals surface area (Å²) in [6.45, 7) is 13.8. The van der Waals surface area contributed by atoms with E-state index in [4.69, 9.17) is 9.40 Å². The summed E-state index contributed by atoms with van der Waals surface area (Å²) in [5.41, 5.74) is 6.66. The predicted octanol–water partition coefficient (Wildman–Crippen LogP) is 6.37. The summed E-state index contributed by atoms with van der Waals surface area (Å²) in [6.07, 6.45) is 8.64. The molecule has 0 N–H and O–H groups in total. The fourth-order valence-electron chi connectivity index (χ4n) is 5.43. The number of oxazole rings is 1. The van der Waals surface area contributed by atoms with Crippen molar-refractivity contribution in [2.24, 2.45) is 11.3 Å². The number of aromatic nitrogens is 1. The minimum atomic E-state index is 0.144. The van der Waals surface area contributed by atoms with E-state index in [2.05, 4.69) is 52.8 Å². The lowest BCUT2D eigenvalue weighted by Crippen LogP contribution is -2.45. The first-order valence-corrected chi connectivity index (χ1v) is 9.37. The summed E-state index contributed by atoms with van der Waals surface area (Å²) in [5, 5.41) is 0. The molecule has 2 nitrogen and oxygen atoms in total. The molecule has 4 rings (SSSR count). The molecule has 1 aromatic heterocycles.